The van der Waals surface area contributed by atoms with Gasteiger partial charge in [0, 0.05) is 37.3 Å². The predicted molar refractivity (Wildman–Crippen MR) is 79.9 cm³/mol. The molecule has 1 saturated carbocycles. The van der Waals surface area contributed by atoms with Gasteiger partial charge in [0.1, 0.15) is 0 Å². The fraction of sp³-hybridized carbons (Fsp3) is 0.588. The number of likely N-dealkylation sites (tertiary alicyclic amines) is 1. The summed E-state index contributed by atoms with van der Waals surface area (Å²) in [5.74, 6) is 0.714. The van der Waals surface area contributed by atoms with Gasteiger partial charge in [-0.2, -0.15) is 0 Å². The number of nitrogens with zero attached hydrogens (tertiary/aromatic N) is 2. The zero-order chi connectivity index (χ0) is 13.6. The standard InChI is InChI=1S/C17H22N2O/c20-13-18-11-17(12-18)9-15(10-17)14-4-3-5-16(8-14)19-6-1-2-7-19/h3-5,8,13,15H,1-2,6-7,9-12H2. The Balaban J connectivity index is 1.43. The van der Waals surface area contributed by atoms with E-state index < -0.39 is 0 Å². The molecular weight excluding hydrogens is 248 g/mol. The molecule has 3 fully saturated rings. The van der Waals surface area contributed by atoms with Crippen molar-refractivity contribution in [3.8, 4) is 0 Å². The molecule has 0 bridgehead atoms. The second kappa shape index (κ2) is 4.51. The fourth-order valence-corrected chi connectivity index (χ4v) is 4.32. The lowest BCUT2D eigenvalue weighted by molar-refractivity contribution is -0.137. The number of rotatable bonds is 3. The summed E-state index contributed by atoms with van der Waals surface area (Å²) in [5, 5.41) is 0. The Hall–Kier alpha value is -1.51. The Morgan fingerprint density at radius 3 is 2.60 bits per heavy atom. The van der Waals surface area contributed by atoms with Crippen LogP contribution in [0.3, 0.4) is 0 Å². The number of anilines is 1. The molecule has 106 valence electrons. The molecule has 0 aromatic heterocycles. The average molecular weight is 270 g/mol. The van der Waals surface area contributed by atoms with E-state index in [1.54, 1.807) is 0 Å². The first-order chi connectivity index (χ1) is 9.78. The van der Waals surface area contributed by atoms with Crippen LogP contribution in [0.25, 0.3) is 0 Å². The van der Waals surface area contributed by atoms with Crippen LogP contribution in [0.2, 0.25) is 0 Å². The molecule has 4 rings (SSSR count). The largest absolute Gasteiger partial charge is 0.372 e. The Bertz CT molecular complexity index is 507. The average Bonchev–Trinajstić information content (AvgIpc) is 2.90. The van der Waals surface area contributed by atoms with Crippen molar-refractivity contribution in [1.29, 1.82) is 0 Å². The van der Waals surface area contributed by atoms with Gasteiger partial charge < -0.3 is 9.80 Å². The van der Waals surface area contributed by atoms with E-state index >= 15 is 0 Å². The smallest absolute Gasteiger partial charge is 0.209 e. The molecule has 1 amide bonds. The molecule has 3 heteroatoms. The number of carbonyl (C=O) groups excluding carboxylic acids is 1. The molecule has 2 saturated heterocycles. The van der Waals surface area contributed by atoms with Gasteiger partial charge >= 0.3 is 0 Å². The van der Waals surface area contributed by atoms with Crippen molar-refractivity contribution in [2.45, 2.75) is 31.6 Å². The lowest BCUT2D eigenvalue weighted by Gasteiger charge is -2.58. The molecule has 1 aliphatic carbocycles. The molecule has 2 heterocycles. The van der Waals surface area contributed by atoms with Gasteiger partial charge in [-0.05, 0) is 49.3 Å². The fourth-order valence-electron chi connectivity index (χ4n) is 4.32. The molecule has 0 radical (unpaired) electrons. The predicted octanol–water partition coefficient (Wildman–Crippen LogP) is 2.62. The Morgan fingerprint density at radius 1 is 1.15 bits per heavy atom. The third-order valence-electron chi connectivity index (χ3n) is 5.40. The van der Waals surface area contributed by atoms with Gasteiger partial charge in [-0.15, -0.1) is 0 Å². The van der Waals surface area contributed by atoms with Crippen LogP contribution >= 0.6 is 0 Å². The summed E-state index contributed by atoms with van der Waals surface area (Å²) in [6, 6.07) is 9.15. The van der Waals surface area contributed by atoms with Crippen molar-refractivity contribution in [3.05, 3.63) is 29.8 Å². The summed E-state index contributed by atoms with van der Waals surface area (Å²) in [7, 11) is 0. The summed E-state index contributed by atoms with van der Waals surface area (Å²) in [5.41, 5.74) is 3.38. The number of amides is 1. The molecule has 20 heavy (non-hydrogen) atoms. The highest BCUT2D eigenvalue weighted by Crippen LogP contribution is 2.55. The topological polar surface area (TPSA) is 23.6 Å². The Morgan fingerprint density at radius 2 is 1.90 bits per heavy atom. The summed E-state index contributed by atoms with van der Waals surface area (Å²) in [6.45, 7) is 4.40. The lowest BCUT2D eigenvalue weighted by Crippen LogP contribution is -2.60. The van der Waals surface area contributed by atoms with E-state index in [1.807, 2.05) is 4.90 Å². The minimum absolute atomic E-state index is 0.467. The van der Waals surface area contributed by atoms with Crippen LogP contribution in [0.4, 0.5) is 5.69 Å². The molecule has 0 unspecified atom stereocenters. The van der Waals surface area contributed by atoms with Gasteiger partial charge in [0.05, 0.1) is 0 Å². The molecule has 0 N–H and O–H groups in total. The summed E-state index contributed by atoms with van der Waals surface area (Å²) < 4.78 is 0. The van der Waals surface area contributed by atoms with Crippen molar-refractivity contribution in [1.82, 2.24) is 4.90 Å². The zero-order valence-electron chi connectivity index (χ0n) is 11.9. The third kappa shape index (κ3) is 1.91. The number of benzene rings is 1. The van der Waals surface area contributed by atoms with Gasteiger partial charge in [-0.3, -0.25) is 4.79 Å². The maximum absolute atomic E-state index is 10.7. The SMILES string of the molecule is O=CN1CC2(CC(c3cccc(N4CCCC4)c3)C2)C1. The van der Waals surface area contributed by atoms with E-state index in [2.05, 4.69) is 29.2 Å². The third-order valence-corrected chi connectivity index (χ3v) is 5.40. The minimum Gasteiger partial charge on any atom is -0.372 e. The van der Waals surface area contributed by atoms with Crippen LogP contribution in [-0.4, -0.2) is 37.5 Å². The van der Waals surface area contributed by atoms with E-state index in [4.69, 9.17) is 0 Å². The summed E-state index contributed by atoms with van der Waals surface area (Å²) in [4.78, 5) is 15.1. The van der Waals surface area contributed by atoms with Crippen molar-refractivity contribution in [2.24, 2.45) is 5.41 Å². The highest BCUT2D eigenvalue weighted by atomic mass is 16.1. The molecule has 3 nitrogen and oxygen atoms in total. The van der Waals surface area contributed by atoms with Crippen LogP contribution in [0, 0.1) is 5.41 Å². The highest BCUT2D eigenvalue weighted by Gasteiger charge is 2.52. The molecular formula is C17H22N2O. The molecule has 1 aromatic rings. The normalized spacial score (nSPS) is 24.6. The highest BCUT2D eigenvalue weighted by molar-refractivity contribution is 5.52. The summed E-state index contributed by atoms with van der Waals surface area (Å²) >= 11 is 0. The molecule has 1 spiro atoms. The molecule has 3 aliphatic rings. The minimum atomic E-state index is 0.467. The first-order valence-electron chi connectivity index (χ1n) is 7.82. The van der Waals surface area contributed by atoms with Gasteiger partial charge in [-0.1, -0.05) is 12.1 Å². The molecule has 0 atom stereocenters. The quantitative estimate of drug-likeness (QED) is 0.788. The van der Waals surface area contributed by atoms with Gasteiger partial charge in [0.15, 0.2) is 0 Å². The first kappa shape index (κ1) is 12.2. The van der Waals surface area contributed by atoms with E-state index in [0.29, 0.717) is 11.3 Å². The second-order valence-electron chi connectivity index (χ2n) is 6.90. The number of carbonyl (C=O) groups is 1. The van der Waals surface area contributed by atoms with Gasteiger partial charge in [-0.25, -0.2) is 0 Å². The lowest BCUT2D eigenvalue weighted by atomic mass is 9.56. The Kier molecular flexibility index (Phi) is 2.76. The number of hydrogen-bond acceptors (Lipinski definition) is 2. The van der Waals surface area contributed by atoms with Crippen LogP contribution < -0.4 is 4.90 Å². The summed E-state index contributed by atoms with van der Waals surface area (Å²) in [6.07, 6.45) is 6.19. The second-order valence-corrected chi connectivity index (χ2v) is 6.90. The van der Waals surface area contributed by atoms with Crippen LogP contribution in [0.15, 0.2) is 24.3 Å². The van der Waals surface area contributed by atoms with Gasteiger partial charge in [0.2, 0.25) is 6.41 Å². The Labute approximate surface area is 120 Å². The van der Waals surface area contributed by atoms with Crippen molar-refractivity contribution in [2.75, 3.05) is 31.1 Å². The number of hydrogen-bond donors (Lipinski definition) is 0. The maximum Gasteiger partial charge on any atom is 0.209 e. The van der Waals surface area contributed by atoms with E-state index in [9.17, 15) is 4.79 Å². The van der Waals surface area contributed by atoms with E-state index in [-0.39, 0.29) is 0 Å². The zero-order valence-corrected chi connectivity index (χ0v) is 11.9. The first-order valence-corrected chi connectivity index (χ1v) is 7.82. The van der Waals surface area contributed by atoms with E-state index in [1.165, 1.54) is 50.0 Å². The monoisotopic (exact) mass is 270 g/mol. The van der Waals surface area contributed by atoms with Crippen molar-refractivity contribution in [3.63, 3.8) is 0 Å². The van der Waals surface area contributed by atoms with E-state index in [0.717, 1.165) is 19.5 Å². The maximum atomic E-state index is 10.7. The van der Waals surface area contributed by atoms with Crippen LogP contribution in [0.1, 0.15) is 37.2 Å². The van der Waals surface area contributed by atoms with Crippen LogP contribution in [0.5, 0.6) is 0 Å². The van der Waals surface area contributed by atoms with Crippen molar-refractivity contribution < 1.29 is 4.79 Å². The molecule has 1 aromatic carbocycles. The van der Waals surface area contributed by atoms with Crippen LogP contribution in [-0.2, 0) is 4.79 Å². The van der Waals surface area contributed by atoms with Gasteiger partial charge in [0.25, 0.3) is 0 Å². The molecule has 2 aliphatic heterocycles. The van der Waals surface area contributed by atoms with Crippen molar-refractivity contribution >= 4 is 12.1 Å².